The lowest BCUT2D eigenvalue weighted by molar-refractivity contribution is 1.45. The van der Waals surface area contributed by atoms with Gasteiger partial charge < -0.3 is 10.6 Å². The van der Waals surface area contributed by atoms with Crippen LogP contribution in [0.2, 0.25) is 5.02 Å². The number of halogens is 2. The molecule has 0 atom stereocenters. The third-order valence-electron chi connectivity index (χ3n) is 2.53. The van der Waals surface area contributed by atoms with Crippen LogP contribution in [0.3, 0.4) is 0 Å². The van der Waals surface area contributed by atoms with Crippen LogP contribution in [-0.2, 0) is 0 Å². The van der Waals surface area contributed by atoms with Crippen molar-refractivity contribution in [2.75, 3.05) is 10.6 Å². The van der Waals surface area contributed by atoms with Crippen LogP contribution in [0.15, 0.2) is 46.9 Å². The summed E-state index contributed by atoms with van der Waals surface area (Å²) in [6.07, 6.45) is 0. The van der Waals surface area contributed by atoms with E-state index in [4.69, 9.17) is 23.8 Å². The van der Waals surface area contributed by atoms with E-state index in [1.54, 1.807) is 0 Å². The Morgan fingerprint density at radius 2 is 1.95 bits per heavy atom. The van der Waals surface area contributed by atoms with Gasteiger partial charge in [-0.1, -0.05) is 39.7 Å². The van der Waals surface area contributed by atoms with Crippen molar-refractivity contribution >= 4 is 56.2 Å². The van der Waals surface area contributed by atoms with Gasteiger partial charge in [0.15, 0.2) is 5.11 Å². The molecule has 2 aromatic rings. The fourth-order valence-electron chi connectivity index (χ4n) is 1.58. The Kier molecular flexibility index (Phi) is 4.80. The van der Waals surface area contributed by atoms with Crippen molar-refractivity contribution in [2.24, 2.45) is 0 Å². The highest BCUT2D eigenvalue weighted by Gasteiger charge is 2.03. The summed E-state index contributed by atoms with van der Waals surface area (Å²) in [7, 11) is 0. The normalized spacial score (nSPS) is 10.1. The van der Waals surface area contributed by atoms with Crippen molar-refractivity contribution in [3.8, 4) is 0 Å². The van der Waals surface area contributed by atoms with Crippen molar-refractivity contribution in [1.29, 1.82) is 0 Å². The van der Waals surface area contributed by atoms with Crippen LogP contribution in [0.1, 0.15) is 5.56 Å². The molecule has 0 aliphatic carbocycles. The van der Waals surface area contributed by atoms with Gasteiger partial charge in [-0.3, -0.25) is 0 Å². The first-order chi connectivity index (χ1) is 9.04. The molecule has 0 aromatic heterocycles. The summed E-state index contributed by atoms with van der Waals surface area (Å²) in [6, 6.07) is 13.5. The predicted octanol–water partition coefficient (Wildman–Crippen LogP) is 5.22. The van der Waals surface area contributed by atoms with Crippen LogP contribution < -0.4 is 10.6 Å². The summed E-state index contributed by atoms with van der Waals surface area (Å²) in [4.78, 5) is 0. The molecule has 0 heterocycles. The summed E-state index contributed by atoms with van der Waals surface area (Å²) in [5, 5.41) is 7.47. The lowest BCUT2D eigenvalue weighted by Gasteiger charge is -2.13. The van der Waals surface area contributed by atoms with Crippen LogP contribution >= 0.6 is 39.7 Å². The number of anilines is 2. The van der Waals surface area contributed by atoms with Crippen LogP contribution in [0.5, 0.6) is 0 Å². The SMILES string of the molecule is Cc1ccc(Cl)cc1NC(=S)Nc1cccc(Br)c1. The molecule has 2 aromatic carbocycles. The van der Waals surface area contributed by atoms with E-state index in [1.165, 1.54) is 0 Å². The molecule has 98 valence electrons. The molecule has 0 unspecified atom stereocenters. The van der Waals surface area contributed by atoms with Crippen molar-refractivity contribution in [1.82, 2.24) is 0 Å². The van der Waals surface area contributed by atoms with Crippen molar-refractivity contribution in [3.63, 3.8) is 0 Å². The largest absolute Gasteiger partial charge is 0.332 e. The monoisotopic (exact) mass is 354 g/mol. The summed E-state index contributed by atoms with van der Waals surface area (Å²) in [5.74, 6) is 0. The number of hydrogen-bond donors (Lipinski definition) is 2. The second kappa shape index (κ2) is 6.37. The second-order valence-electron chi connectivity index (χ2n) is 4.05. The van der Waals surface area contributed by atoms with Crippen molar-refractivity contribution < 1.29 is 0 Å². The van der Waals surface area contributed by atoms with E-state index < -0.39 is 0 Å². The molecule has 19 heavy (non-hydrogen) atoms. The third-order valence-corrected chi connectivity index (χ3v) is 3.46. The molecule has 0 spiro atoms. The summed E-state index contributed by atoms with van der Waals surface area (Å²) in [6.45, 7) is 2.00. The second-order valence-corrected chi connectivity index (χ2v) is 5.81. The number of aryl methyl sites for hydroxylation is 1. The van der Waals surface area contributed by atoms with Gasteiger partial charge >= 0.3 is 0 Å². The molecular formula is C14H12BrClN2S. The fraction of sp³-hybridized carbons (Fsp3) is 0.0714. The maximum atomic E-state index is 5.97. The van der Waals surface area contributed by atoms with E-state index in [0.717, 1.165) is 21.4 Å². The van der Waals surface area contributed by atoms with Crippen LogP contribution in [-0.4, -0.2) is 5.11 Å². The topological polar surface area (TPSA) is 24.1 Å². The molecule has 0 saturated heterocycles. The minimum atomic E-state index is 0.531. The van der Waals surface area contributed by atoms with E-state index in [0.29, 0.717) is 10.1 Å². The fourth-order valence-corrected chi connectivity index (χ4v) is 2.38. The van der Waals surface area contributed by atoms with Gasteiger partial charge in [0.2, 0.25) is 0 Å². The number of thiocarbonyl (C=S) groups is 1. The van der Waals surface area contributed by atoms with E-state index in [2.05, 4.69) is 26.6 Å². The quantitative estimate of drug-likeness (QED) is 0.722. The standard InChI is InChI=1S/C14H12BrClN2S/c1-9-5-6-11(16)8-13(9)18-14(19)17-12-4-2-3-10(15)7-12/h2-8H,1H3,(H2,17,18,19). The smallest absolute Gasteiger partial charge is 0.175 e. The molecule has 0 aliphatic heterocycles. The summed E-state index contributed by atoms with van der Waals surface area (Å²) < 4.78 is 0.999. The number of hydrogen-bond acceptors (Lipinski definition) is 1. The van der Waals surface area contributed by atoms with Gasteiger partial charge in [0, 0.05) is 20.9 Å². The van der Waals surface area contributed by atoms with Gasteiger partial charge in [-0.05, 0) is 55.0 Å². The lowest BCUT2D eigenvalue weighted by atomic mass is 10.2. The number of rotatable bonds is 2. The van der Waals surface area contributed by atoms with Gasteiger partial charge in [-0.15, -0.1) is 0 Å². The zero-order valence-corrected chi connectivity index (χ0v) is 13.4. The minimum Gasteiger partial charge on any atom is -0.332 e. The molecule has 5 heteroatoms. The zero-order chi connectivity index (χ0) is 13.8. The Hall–Kier alpha value is -1.10. The van der Waals surface area contributed by atoms with E-state index >= 15 is 0 Å². The Balaban J connectivity index is 2.07. The Bertz CT molecular complexity index is 616. The molecule has 0 fully saturated rings. The molecule has 2 rings (SSSR count). The van der Waals surface area contributed by atoms with Crippen molar-refractivity contribution in [2.45, 2.75) is 6.92 Å². The molecular weight excluding hydrogens is 344 g/mol. The van der Waals surface area contributed by atoms with Crippen LogP contribution in [0.25, 0.3) is 0 Å². The Morgan fingerprint density at radius 3 is 2.68 bits per heavy atom. The highest BCUT2D eigenvalue weighted by atomic mass is 79.9. The molecule has 2 N–H and O–H groups in total. The van der Waals surface area contributed by atoms with E-state index in [9.17, 15) is 0 Å². The van der Waals surface area contributed by atoms with Gasteiger partial charge in [-0.2, -0.15) is 0 Å². The van der Waals surface area contributed by atoms with Crippen LogP contribution in [0, 0.1) is 6.92 Å². The highest BCUT2D eigenvalue weighted by molar-refractivity contribution is 9.10. The lowest BCUT2D eigenvalue weighted by Crippen LogP contribution is -2.19. The number of nitrogens with one attached hydrogen (secondary N) is 2. The summed E-state index contributed by atoms with van der Waals surface area (Å²) >= 11 is 14.7. The average molecular weight is 356 g/mol. The number of benzene rings is 2. The molecule has 0 amide bonds. The Labute approximate surface area is 131 Å². The average Bonchev–Trinajstić information content (AvgIpc) is 2.34. The van der Waals surface area contributed by atoms with Gasteiger partial charge in [0.25, 0.3) is 0 Å². The van der Waals surface area contributed by atoms with E-state index in [1.807, 2.05) is 49.4 Å². The van der Waals surface area contributed by atoms with E-state index in [-0.39, 0.29) is 0 Å². The molecule has 0 bridgehead atoms. The molecule has 0 saturated carbocycles. The van der Waals surface area contributed by atoms with Gasteiger partial charge in [-0.25, -0.2) is 0 Å². The molecule has 0 aliphatic rings. The minimum absolute atomic E-state index is 0.531. The Morgan fingerprint density at radius 1 is 1.16 bits per heavy atom. The van der Waals surface area contributed by atoms with Crippen molar-refractivity contribution in [3.05, 3.63) is 57.5 Å². The maximum absolute atomic E-state index is 5.97. The zero-order valence-electron chi connectivity index (χ0n) is 10.2. The van der Waals surface area contributed by atoms with Gasteiger partial charge in [0.1, 0.15) is 0 Å². The molecule has 2 nitrogen and oxygen atoms in total. The first-order valence-electron chi connectivity index (χ1n) is 5.64. The van der Waals surface area contributed by atoms with Gasteiger partial charge in [0.05, 0.1) is 0 Å². The first kappa shape index (κ1) is 14.3. The van der Waals surface area contributed by atoms with Crippen LogP contribution in [0.4, 0.5) is 11.4 Å². The third kappa shape index (κ3) is 4.20. The first-order valence-corrected chi connectivity index (χ1v) is 7.22. The molecule has 0 radical (unpaired) electrons. The maximum Gasteiger partial charge on any atom is 0.175 e. The summed E-state index contributed by atoms with van der Waals surface area (Å²) in [5.41, 5.74) is 2.91. The predicted molar refractivity (Wildman–Crippen MR) is 90.2 cm³/mol. The highest BCUT2D eigenvalue weighted by Crippen LogP contribution is 2.21.